The van der Waals surface area contributed by atoms with E-state index in [2.05, 4.69) is 4.98 Å². The third-order valence-electron chi connectivity index (χ3n) is 4.38. The molecule has 0 aliphatic carbocycles. The first kappa shape index (κ1) is 17.1. The summed E-state index contributed by atoms with van der Waals surface area (Å²) in [5, 5.41) is 12.2. The largest absolute Gasteiger partial charge is 0.380 e. The lowest BCUT2D eigenvalue weighted by atomic mass is 10.1. The zero-order chi connectivity index (χ0) is 18.1. The van der Waals surface area contributed by atoms with Crippen molar-refractivity contribution in [3.05, 3.63) is 99.8 Å². The number of rotatable bonds is 4. The van der Waals surface area contributed by atoms with Crippen LogP contribution in [0.2, 0.25) is 10.0 Å². The minimum Gasteiger partial charge on any atom is -0.380 e. The topological polar surface area (TPSA) is 38.1 Å². The van der Waals surface area contributed by atoms with Gasteiger partial charge < -0.3 is 9.67 Å². The second-order valence-electron chi connectivity index (χ2n) is 6.10. The highest BCUT2D eigenvalue weighted by atomic mass is 35.5. The highest BCUT2D eigenvalue weighted by Gasteiger charge is 2.21. The van der Waals surface area contributed by atoms with Crippen molar-refractivity contribution in [3.8, 4) is 0 Å². The second kappa shape index (κ2) is 7.12. The van der Waals surface area contributed by atoms with Crippen LogP contribution >= 0.6 is 23.2 Å². The van der Waals surface area contributed by atoms with E-state index in [4.69, 9.17) is 23.2 Å². The lowest BCUT2D eigenvalue weighted by Gasteiger charge is -2.15. The summed E-state index contributed by atoms with van der Waals surface area (Å²) in [5.74, 6) is 0.564. The number of nitrogens with zero attached hydrogens (tertiary/aromatic N) is 2. The number of aromatic nitrogens is 2. The number of aliphatic hydroxyl groups excluding tert-OH is 1. The Labute approximate surface area is 161 Å². The molecule has 1 atom stereocenters. The maximum atomic E-state index is 11.0. The average molecular weight is 383 g/mol. The Hall–Kier alpha value is -2.33. The minimum atomic E-state index is -0.914. The molecule has 0 aliphatic heterocycles. The summed E-state index contributed by atoms with van der Waals surface area (Å²) in [6.07, 6.45) is -0.914. The smallest absolute Gasteiger partial charge is 0.143 e. The fraction of sp³-hybridized carbons (Fsp3) is 0.0952. The monoisotopic (exact) mass is 382 g/mol. The van der Waals surface area contributed by atoms with Crippen LogP contribution in [0.15, 0.2) is 72.8 Å². The van der Waals surface area contributed by atoms with Crippen molar-refractivity contribution in [3.63, 3.8) is 0 Å². The Bertz CT molecular complexity index is 1060. The average Bonchev–Trinajstić information content (AvgIpc) is 3.02. The zero-order valence-electron chi connectivity index (χ0n) is 13.8. The van der Waals surface area contributed by atoms with Crippen LogP contribution in [0, 0.1) is 0 Å². The molecular formula is C21H16Cl2N2O. The molecule has 0 aliphatic rings. The SMILES string of the molecule is OC(c1ccccc1Cl)c1nc2ccccc2n1Cc1ccc(Cl)cc1. The number of para-hydroxylation sites is 2. The summed E-state index contributed by atoms with van der Waals surface area (Å²) in [7, 11) is 0. The Morgan fingerprint density at radius 1 is 0.885 bits per heavy atom. The van der Waals surface area contributed by atoms with Crippen LogP contribution in [0.4, 0.5) is 0 Å². The molecule has 0 radical (unpaired) electrons. The van der Waals surface area contributed by atoms with E-state index in [1.807, 2.05) is 71.3 Å². The molecule has 26 heavy (non-hydrogen) atoms. The van der Waals surface area contributed by atoms with Crippen LogP contribution in [0.25, 0.3) is 11.0 Å². The van der Waals surface area contributed by atoms with Crippen LogP contribution < -0.4 is 0 Å². The Balaban J connectivity index is 1.83. The zero-order valence-corrected chi connectivity index (χ0v) is 15.3. The quantitative estimate of drug-likeness (QED) is 0.507. The molecule has 0 saturated carbocycles. The van der Waals surface area contributed by atoms with Gasteiger partial charge in [0.25, 0.3) is 0 Å². The first-order valence-electron chi connectivity index (χ1n) is 8.25. The van der Waals surface area contributed by atoms with Crippen molar-refractivity contribution in [2.45, 2.75) is 12.6 Å². The second-order valence-corrected chi connectivity index (χ2v) is 6.94. The summed E-state index contributed by atoms with van der Waals surface area (Å²) in [6.45, 7) is 0.578. The van der Waals surface area contributed by atoms with Crippen LogP contribution in [0.5, 0.6) is 0 Å². The van der Waals surface area contributed by atoms with Gasteiger partial charge in [-0.3, -0.25) is 0 Å². The van der Waals surface area contributed by atoms with Gasteiger partial charge in [-0.2, -0.15) is 0 Å². The molecule has 0 bridgehead atoms. The number of fused-ring (bicyclic) bond motifs is 1. The van der Waals surface area contributed by atoms with Gasteiger partial charge in [0, 0.05) is 22.2 Å². The molecule has 4 rings (SSSR count). The fourth-order valence-corrected chi connectivity index (χ4v) is 3.44. The van der Waals surface area contributed by atoms with Gasteiger partial charge in [-0.15, -0.1) is 0 Å². The molecule has 1 N–H and O–H groups in total. The van der Waals surface area contributed by atoms with Gasteiger partial charge >= 0.3 is 0 Å². The normalized spacial score (nSPS) is 12.4. The molecule has 0 spiro atoms. The molecule has 1 unspecified atom stereocenters. The molecule has 5 heteroatoms. The van der Waals surface area contributed by atoms with Crippen molar-refractivity contribution in [1.29, 1.82) is 0 Å². The van der Waals surface area contributed by atoms with Crippen molar-refractivity contribution < 1.29 is 5.11 Å². The predicted molar refractivity (Wildman–Crippen MR) is 106 cm³/mol. The summed E-state index contributed by atoms with van der Waals surface area (Å²) in [6, 6.07) is 22.8. The van der Waals surface area contributed by atoms with E-state index in [0.717, 1.165) is 16.6 Å². The maximum absolute atomic E-state index is 11.0. The first-order valence-corrected chi connectivity index (χ1v) is 9.01. The van der Waals surface area contributed by atoms with Crippen molar-refractivity contribution in [2.24, 2.45) is 0 Å². The lowest BCUT2D eigenvalue weighted by molar-refractivity contribution is 0.206. The first-order chi connectivity index (χ1) is 12.6. The molecule has 130 valence electrons. The number of halogens is 2. The van der Waals surface area contributed by atoms with Crippen LogP contribution in [0.1, 0.15) is 23.1 Å². The van der Waals surface area contributed by atoms with Gasteiger partial charge in [-0.05, 0) is 35.9 Å². The molecule has 0 fully saturated rings. The van der Waals surface area contributed by atoms with E-state index < -0.39 is 6.10 Å². The van der Waals surface area contributed by atoms with Crippen molar-refractivity contribution in [2.75, 3.05) is 0 Å². The van der Waals surface area contributed by atoms with E-state index in [9.17, 15) is 5.11 Å². The summed E-state index contributed by atoms with van der Waals surface area (Å²) >= 11 is 12.3. The minimum absolute atomic E-state index is 0.519. The Kier molecular flexibility index (Phi) is 4.68. The summed E-state index contributed by atoms with van der Waals surface area (Å²) in [4.78, 5) is 4.67. The third-order valence-corrected chi connectivity index (χ3v) is 4.98. The van der Waals surface area contributed by atoms with Gasteiger partial charge in [-0.25, -0.2) is 4.98 Å². The fourth-order valence-electron chi connectivity index (χ4n) is 3.08. The molecule has 4 aromatic rings. The third kappa shape index (κ3) is 3.21. The van der Waals surface area contributed by atoms with E-state index >= 15 is 0 Å². The Morgan fingerprint density at radius 2 is 1.58 bits per heavy atom. The number of hydrogen-bond acceptors (Lipinski definition) is 2. The van der Waals surface area contributed by atoms with Crippen molar-refractivity contribution >= 4 is 34.2 Å². The van der Waals surface area contributed by atoms with Gasteiger partial charge in [-0.1, -0.05) is 65.7 Å². The van der Waals surface area contributed by atoms with Gasteiger partial charge in [0.05, 0.1) is 11.0 Å². The van der Waals surface area contributed by atoms with Crippen LogP contribution in [-0.4, -0.2) is 14.7 Å². The van der Waals surface area contributed by atoms with Crippen molar-refractivity contribution in [1.82, 2.24) is 9.55 Å². The number of benzene rings is 3. The van der Waals surface area contributed by atoms with E-state index in [1.54, 1.807) is 6.07 Å². The van der Waals surface area contributed by atoms with Gasteiger partial charge in [0.1, 0.15) is 11.9 Å². The standard InChI is InChI=1S/C21H16Cl2N2O/c22-15-11-9-14(10-12-15)13-25-19-8-4-3-7-18(19)24-21(25)20(26)16-5-1-2-6-17(16)23/h1-12,20,26H,13H2. The van der Waals surface area contributed by atoms with Gasteiger partial charge in [0.2, 0.25) is 0 Å². The van der Waals surface area contributed by atoms with Crippen LogP contribution in [0.3, 0.4) is 0 Å². The maximum Gasteiger partial charge on any atom is 0.143 e. The van der Waals surface area contributed by atoms with Gasteiger partial charge in [0.15, 0.2) is 0 Å². The molecule has 0 saturated heterocycles. The number of imidazole rings is 1. The summed E-state index contributed by atoms with van der Waals surface area (Å²) < 4.78 is 2.02. The molecular weight excluding hydrogens is 367 g/mol. The predicted octanol–water partition coefficient (Wildman–Crippen LogP) is 5.47. The van der Waals surface area contributed by atoms with E-state index in [-0.39, 0.29) is 0 Å². The Morgan fingerprint density at radius 3 is 2.35 bits per heavy atom. The number of hydrogen-bond donors (Lipinski definition) is 1. The molecule has 3 nitrogen and oxygen atoms in total. The van der Waals surface area contributed by atoms with E-state index in [1.165, 1.54) is 0 Å². The molecule has 1 heterocycles. The van der Waals surface area contributed by atoms with Crippen LogP contribution in [-0.2, 0) is 6.54 Å². The molecule has 3 aromatic carbocycles. The highest BCUT2D eigenvalue weighted by Crippen LogP contribution is 2.30. The summed E-state index contributed by atoms with van der Waals surface area (Å²) in [5.41, 5.74) is 3.51. The molecule has 0 amide bonds. The van der Waals surface area contributed by atoms with E-state index in [0.29, 0.717) is 28.0 Å². The number of aliphatic hydroxyl groups is 1. The molecule has 1 aromatic heterocycles. The highest BCUT2D eigenvalue weighted by molar-refractivity contribution is 6.31. The lowest BCUT2D eigenvalue weighted by Crippen LogP contribution is -2.11.